The summed E-state index contributed by atoms with van der Waals surface area (Å²) in [7, 11) is 0. The highest BCUT2D eigenvalue weighted by Crippen LogP contribution is 2.12. The van der Waals surface area contributed by atoms with Gasteiger partial charge in [-0.2, -0.15) is 0 Å². The summed E-state index contributed by atoms with van der Waals surface area (Å²) in [6.45, 7) is 2.51. The van der Waals surface area contributed by atoms with Gasteiger partial charge in [0.15, 0.2) is 0 Å². The number of nitrogens with zero attached hydrogens (tertiary/aromatic N) is 1. The van der Waals surface area contributed by atoms with Gasteiger partial charge in [-0.25, -0.2) is 4.79 Å². The summed E-state index contributed by atoms with van der Waals surface area (Å²) >= 11 is 4.86. The maximum atomic E-state index is 11.3. The van der Waals surface area contributed by atoms with E-state index in [4.69, 9.17) is 22.7 Å². The van der Waals surface area contributed by atoms with Crippen LogP contribution < -0.4 is 15.8 Å². The van der Waals surface area contributed by atoms with E-state index in [1.807, 2.05) is 24.3 Å². The van der Waals surface area contributed by atoms with Crippen molar-refractivity contribution in [2.75, 3.05) is 26.2 Å². The lowest BCUT2D eigenvalue weighted by molar-refractivity contribution is 0.202. The molecule has 0 radical (unpaired) electrons. The minimum atomic E-state index is -0.0255. The normalized spacial score (nSPS) is 14.4. The molecule has 1 fully saturated rings. The van der Waals surface area contributed by atoms with E-state index in [1.54, 1.807) is 4.90 Å². The summed E-state index contributed by atoms with van der Waals surface area (Å²) < 4.78 is 5.55. The van der Waals surface area contributed by atoms with Crippen molar-refractivity contribution in [1.29, 1.82) is 0 Å². The van der Waals surface area contributed by atoms with E-state index in [9.17, 15) is 4.79 Å². The average molecular weight is 265 g/mol. The van der Waals surface area contributed by atoms with Gasteiger partial charge >= 0.3 is 6.03 Å². The van der Waals surface area contributed by atoms with Gasteiger partial charge in [0.05, 0.1) is 6.54 Å². The Hall–Kier alpha value is -1.82. The Labute approximate surface area is 111 Å². The number of nitrogens with two attached hydrogens (primary N) is 1. The maximum Gasteiger partial charge on any atom is 0.317 e. The smallest absolute Gasteiger partial charge is 0.317 e. The molecular weight excluding hydrogens is 250 g/mol. The van der Waals surface area contributed by atoms with E-state index >= 15 is 0 Å². The van der Waals surface area contributed by atoms with Crippen LogP contribution >= 0.6 is 12.2 Å². The summed E-state index contributed by atoms with van der Waals surface area (Å²) in [6, 6.07) is 7.25. The molecule has 1 aromatic rings. The van der Waals surface area contributed by atoms with Gasteiger partial charge in [0.2, 0.25) is 0 Å². The van der Waals surface area contributed by atoms with Gasteiger partial charge < -0.3 is 20.7 Å². The Kier molecular flexibility index (Phi) is 3.99. The number of urea groups is 1. The number of hydrogen-bond donors (Lipinski definition) is 2. The second-order valence-corrected chi connectivity index (χ2v) is 4.40. The fourth-order valence-corrected chi connectivity index (χ4v) is 1.85. The molecule has 1 aromatic carbocycles. The molecule has 2 rings (SSSR count). The standard InChI is InChI=1S/C12H15N3O2S/c13-11(18)9-1-3-10(4-2-9)17-8-7-15-6-5-14-12(15)16/h1-4H,5-8H2,(H2,13,18)(H,14,16). The zero-order valence-corrected chi connectivity index (χ0v) is 10.7. The average Bonchev–Trinajstić information content (AvgIpc) is 2.76. The van der Waals surface area contributed by atoms with Gasteiger partial charge in [0.25, 0.3) is 0 Å². The molecule has 1 saturated heterocycles. The third kappa shape index (κ3) is 3.10. The van der Waals surface area contributed by atoms with E-state index < -0.39 is 0 Å². The molecule has 3 N–H and O–H groups in total. The number of ether oxygens (including phenoxy) is 1. The van der Waals surface area contributed by atoms with Crippen LogP contribution in [-0.4, -0.2) is 42.2 Å². The summed E-state index contributed by atoms with van der Waals surface area (Å²) in [5.74, 6) is 0.745. The van der Waals surface area contributed by atoms with Crippen molar-refractivity contribution in [3.8, 4) is 5.75 Å². The van der Waals surface area contributed by atoms with Crippen LogP contribution in [0.5, 0.6) is 5.75 Å². The summed E-state index contributed by atoms with van der Waals surface area (Å²) in [5, 5.41) is 2.74. The van der Waals surface area contributed by atoms with Crippen LogP contribution in [0.4, 0.5) is 4.79 Å². The van der Waals surface area contributed by atoms with Crippen LogP contribution in [-0.2, 0) is 0 Å². The molecule has 2 amide bonds. The van der Waals surface area contributed by atoms with Crippen molar-refractivity contribution in [1.82, 2.24) is 10.2 Å². The lowest BCUT2D eigenvalue weighted by Crippen LogP contribution is -2.31. The van der Waals surface area contributed by atoms with Crippen LogP contribution in [0.3, 0.4) is 0 Å². The first-order valence-corrected chi connectivity index (χ1v) is 6.13. The largest absolute Gasteiger partial charge is 0.492 e. The molecular formula is C12H15N3O2S. The number of carbonyl (C=O) groups is 1. The molecule has 6 heteroatoms. The van der Waals surface area contributed by atoms with E-state index in [1.165, 1.54) is 0 Å². The van der Waals surface area contributed by atoms with Gasteiger partial charge in [-0.1, -0.05) is 12.2 Å². The Bertz CT molecular complexity index is 447. The fourth-order valence-electron chi connectivity index (χ4n) is 1.71. The SMILES string of the molecule is NC(=S)c1ccc(OCCN2CCNC2=O)cc1. The highest BCUT2D eigenvalue weighted by Gasteiger charge is 2.18. The summed E-state index contributed by atoms with van der Waals surface area (Å²) in [6.07, 6.45) is 0. The summed E-state index contributed by atoms with van der Waals surface area (Å²) in [5.41, 5.74) is 6.32. The van der Waals surface area contributed by atoms with Crippen LogP contribution in [0.2, 0.25) is 0 Å². The van der Waals surface area contributed by atoms with Crippen LogP contribution in [0.15, 0.2) is 24.3 Å². The van der Waals surface area contributed by atoms with Gasteiger partial charge in [0, 0.05) is 18.7 Å². The predicted molar refractivity (Wildman–Crippen MR) is 72.8 cm³/mol. The van der Waals surface area contributed by atoms with Crippen molar-refractivity contribution in [2.24, 2.45) is 5.73 Å². The highest BCUT2D eigenvalue weighted by atomic mass is 32.1. The molecule has 18 heavy (non-hydrogen) atoms. The molecule has 0 spiro atoms. The van der Waals surface area contributed by atoms with Crippen LogP contribution in [0.25, 0.3) is 0 Å². The molecule has 0 saturated carbocycles. The van der Waals surface area contributed by atoms with Gasteiger partial charge in [-0.05, 0) is 24.3 Å². The number of amides is 2. The van der Waals surface area contributed by atoms with Crippen LogP contribution in [0.1, 0.15) is 5.56 Å². The molecule has 0 bridgehead atoms. The Morgan fingerprint density at radius 1 is 1.44 bits per heavy atom. The zero-order chi connectivity index (χ0) is 13.0. The van der Waals surface area contributed by atoms with Crippen molar-refractivity contribution in [3.05, 3.63) is 29.8 Å². The molecule has 0 unspecified atom stereocenters. The monoisotopic (exact) mass is 265 g/mol. The summed E-state index contributed by atoms with van der Waals surface area (Å²) in [4.78, 5) is 13.4. The first-order valence-electron chi connectivity index (χ1n) is 5.72. The van der Waals surface area contributed by atoms with Crippen molar-refractivity contribution in [3.63, 3.8) is 0 Å². The number of benzene rings is 1. The Morgan fingerprint density at radius 3 is 2.72 bits per heavy atom. The second-order valence-electron chi connectivity index (χ2n) is 3.96. The van der Waals surface area contributed by atoms with E-state index in [0.29, 0.717) is 24.7 Å². The molecule has 1 heterocycles. The minimum absolute atomic E-state index is 0.0255. The molecule has 1 aliphatic heterocycles. The van der Waals surface area contributed by atoms with Crippen molar-refractivity contribution >= 4 is 23.2 Å². The lowest BCUT2D eigenvalue weighted by atomic mass is 10.2. The zero-order valence-electron chi connectivity index (χ0n) is 9.89. The van der Waals surface area contributed by atoms with Crippen molar-refractivity contribution in [2.45, 2.75) is 0 Å². The highest BCUT2D eigenvalue weighted by molar-refractivity contribution is 7.80. The quantitative estimate of drug-likeness (QED) is 0.770. The number of thiocarbonyl (C=S) groups is 1. The number of hydrogen-bond acceptors (Lipinski definition) is 3. The first kappa shape index (κ1) is 12.6. The molecule has 0 atom stereocenters. The molecule has 0 aliphatic carbocycles. The Morgan fingerprint density at radius 2 is 2.17 bits per heavy atom. The second kappa shape index (κ2) is 5.68. The van der Waals surface area contributed by atoms with Crippen molar-refractivity contribution < 1.29 is 9.53 Å². The van der Waals surface area contributed by atoms with Crippen LogP contribution in [0, 0.1) is 0 Å². The minimum Gasteiger partial charge on any atom is -0.492 e. The van der Waals surface area contributed by atoms with E-state index in [0.717, 1.165) is 17.9 Å². The fraction of sp³-hybridized carbons (Fsp3) is 0.333. The molecule has 5 nitrogen and oxygen atoms in total. The third-order valence-corrected chi connectivity index (χ3v) is 2.95. The Balaban J connectivity index is 1.79. The predicted octanol–water partition coefficient (Wildman–Crippen LogP) is 0.725. The van der Waals surface area contributed by atoms with Gasteiger partial charge in [-0.15, -0.1) is 0 Å². The van der Waals surface area contributed by atoms with E-state index in [-0.39, 0.29) is 6.03 Å². The molecule has 96 valence electrons. The molecule has 1 aliphatic rings. The number of rotatable bonds is 5. The van der Waals surface area contributed by atoms with E-state index in [2.05, 4.69) is 5.32 Å². The maximum absolute atomic E-state index is 11.3. The number of nitrogens with one attached hydrogen (secondary N) is 1. The number of carbonyl (C=O) groups excluding carboxylic acids is 1. The topological polar surface area (TPSA) is 67.6 Å². The van der Waals surface area contributed by atoms with Gasteiger partial charge in [-0.3, -0.25) is 0 Å². The molecule has 0 aromatic heterocycles. The van der Waals surface area contributed by atoms with Gasteiger partial charge in [0.1, 0.15) is 17.3 Å². The lowest BCUT2D eigenvalue weighted by Gasteiger charge is -2.14. The third-order valence-electron chi connectivity index (χ3n) is 2.71. The first-order chi connectivity index (χ1) is 8.66.